The van der Waals surface area contributed by atoms with E-state index in [1.54, 1.807) is 18.2 Å². The number of carbonyl (C=O) groups is 1. The van der Waals surface area contributed by atoms with E-state index in [1.807, 2.05) is 32.0 Å². The van der Waals surface area contributed by atoms with Crippen molar-refractivity contribution in [2.24, 2.45) is 5.92 Å². The number of ether oxygens (including phenoxy) is 1. The summed E-state index contributed by atoms with van der Waals surface area (Å²) >= 11 is 0. The third-order valence-electron chi connectivity index (χ3n) is 2.41. The molecule has 0 aliphatic rings. The highest BCUT2D eigenvalue weighted by atomic mass is 16.5. The highest BCUT2D eigenvalue weighted by molar-refractivity contribution is 5.89. The molecule has 15 heavy (non-hydrogen) atoms. The fourth-order valence-corrected chi connectivity index (χ4v) is 1.11. The van der Waals surface area contributed by atoms with E-state index < -0.39 is 0 Å². The normalized spacial score (nSPS) is 14.0. The smallest absolute Gasteiger partial charge is 0.338 e. The zero-order valence-electron chi connectivity index (χ0n) is 9.14. The third-order valence-corrected chi connectivity index (χ3v) is 2.41. The standard InChI is InChI=1S/C13H16O2/c1-4-10(2)11(3)15-13(14)12-8-6-5-7-9-12/h4-11H,1H2,2-3H3/t10-,11-/m0/s1. The molecule has 2 atom stereocenters. The molecule has 0 amide bonds. The topological polar surface area (TPSA) is 26.3 Å². The fourth-order valence-electron chi connectivity index (χ4n) is 1.11. The van der Waals surface area contributed by atoms with Crippen LogP contribution in [0, 0.1) is 5.92 Å². The molecule has 0 radical (unpaired) electrons. The summed E-state index contributed by atoms with van der Waals surface area (Å²) in [5.41, 5.74) is 0.584. The monoisotopic (exact) mass is 204 g/mol. The van der Waals surface area contributed by atoms with Gasteiger partial charge in [0.2, 0.25) is 0 Å². The molecule has 1 rings (SSSR count). The first-order valence-electron chi connectivity index (χ1n) is 5.03. The van der Waals surface area contributed by atoms with Gasteiger partial charge >= 0.3 is 5.97 Å². The van der Waals surface area contributed by atoms with Gasteiger partial charge in [-0.05, 0) is 19.1 Å². The van der Waals surface area contributed by atoms with Crippen LogP contribution < -0.4 is 0 Å². The van der Waals surface area contributed by atoms with Gasteiger partial charge in [0.05, 0.1) is 5.56 Å². The van der Waals surface area contributed by atoms with Crippen LogP contribution in [0.2, 0.25) is 0 Å². The lowest BCUT2D eigenvalue weighted by atomic mass is 10.1. The van der Waals surface area contributed by atoms with Gasteiger partial charge in [-0.25, -0.2) is 4.79 Å². The van der Waals surface area contributed by atoms with Gasteiger partial charge in [-0.3, -0.25) is 0 Å². The Morgan fingerprint density at radius 3 is 2.47 bits per heavy atom. The molecule has 0 N–H and O–H groups in total. The van der Waals surface area contributed by atoms with E-state index in [-0.39, 0.29) is 18.0 Å². The molecule has 0 aromatic heterocycles. The zero-order chi connectivity index (χ0) is 11.3. The van der Waals surface area contributed by atoms with Crippen LogP contribution in [0.3, 0.4) is 0 Å². The lowest BCUT2D eigenvalue weighted by Gasteiger charge is -2.17. The molecule has 0 aliphatic heterocycles. The van der Waals surface area contributed by atoms with Crippen LogP contribution in [-0.2, 0) is 4.74 Å². The highest BCUT2D eigenvalue weighted by Gasteiger charge is 2.15. The molecule has 0 unspecified atom stereocenters. The maximum absolute atomic E-state index is 11.6. The minimum Gasteiger partial charge on any atom is -0.458 e. The van der Waals surface area contributed by atoms with Crippen molar-refractivity contribution in [3.8, 4) is 0 Å². The van der Waals surface area contributed by atoms with E-state index in [2.05, 4.69) is 6.58 Å². The minimum atomic E-state index is -0.281. The Morgan fingerprint density at radius 1 is 1.33 bits per heavy atom. The van der Waals surface area contributed by atoms with Gasteiger partial charge in [-0.2, -0.15) is 0 Å². The van der Waals surface area contributed by atoms with Gasteiger partial charge in [0, 0.05) is 5.92 Å². The van der Waals surface area contributed by atoms with Crippen molar-refractivity contribution >= 4 is 5.97 Å². The quantitative estimate of drug-likeness (QED) is 0.556. The molecule has 0 saturated carbocycles. The molecule has 0 heterocycles. The van der Waals surface area contributed by atoms with Crippen LogP contribution in [0.15, 0.2) is 43.0 Å². The summed E-state index contributed by atoms with van der Waals surface area (Å²) in [5, 5.41) is 0. The first-order valence-corrected chi connectivity index (χ1v) is 5.03. The summed E-state index contributed by atoms with van der Waals surface area (Å²) in [4.78, 5) is 11.6. The molecule has 2 heteroatoms. The Morgan fingerprint density at radius 2 is 1.93 bits per heavy atom. The SMILES string of the molecule is C=C[C@H](C)[C@H](C)OC(=O)c1ccccc1. The number of carbonyl (C=O) groups excluding carboxylic acids is 1. The summed E-state index contributed by atoms with van der Waals surface area (Å²) in [6.07, 6.45) is 1.64. The Bertz CT molecular complexity index is 330. The van der Waals surface area contributed by atoms with Crippen LogP contribution in [0.1, 0.15) is 24.2 Å². The minimum absolute atomic E-state index is 0.143. The van der Waals surface area contributed by atoms with E-state index in [0.29, 0.717) is 5.56 Å². The second-order valence-corrected chi connectivity index (χ2v) is 3.57. The van der Waals surface area contributed by atoms with Gasteiger partial charge in [0.1, 0.15) is 6.10 Å². The molecular weight excluding hydrogens is 188 g/mol. The van der Waals surface area contributed by atoms with Crippen molar-refractivity contribution in [1.29, 1.82) is 0 Å². The summed E-state index contributed by atoms with van der Waals surface area (Å²) < 4.78 is 5.28. The van der Waals surface area contributed by atoms with Crippen molar-refractivity contribution in [1.82, 2.24) is 0 Å². The molecular formula is C13H16O2. The van der Waals surface area contributed by atoms with Crippen LogP contribution in [0.25, 0.3) is 0 Å². The van der Waals surface area contributed by atoms with Crippen LogP contribution >= 0.6 is 0 Å². The summed E-state index contributed by atoms with van der Waals surface area (Å²) in [6, 6.07) is 8.99. The molecule has 2 nitrogen and oxygen atoms in total. The van der Waals surface area contributed by atoms with Crippen LogP contribution in [-0.4, -0.2) is 12.1 Å². The third kappa shape index (κ3) is 3.24. The fraction of sp³-hybridized carbons (Fsp3) is 0.308. The van der Waals surface area contributed by atoms with E-state index in [1.165, 1.54) is 0 Å². The molecule has 0 saturated heterocycles. The van der Waals surface area contributed by atoms with Gasteiger partial charge in [-0.15, -0.1) is 6.58 Å². The Balaban J connectivity index is 2.60. The number of benzene rings is 1. The van der Waals surface area contributed by atoms with Crippen molar-refractivity contribution in [3.05, 3.63) is 48.6 Å². The first kappa shape index (κ1) is 11.5. The summed E-state index contributed by atoms with van der Waals surface area (Å²) in [7, 11) is 0. The van der Waals surface area contributed by atoms with Gasteiger partial charge in [-0.1, -0.05) is 31.2 Å². The second kappa shape index (κ2) is 5.35. The number of rotatable bonds is 4. The molecule has 1 aromatic rings. The number of esters is 1. The average Bonchev–Trinajstić information content (AvgIpc) is 2.29. The van der Waals surface area contributed by atoms with E-state index in [9.17, 15) is 4.79 Å². The Kier molecular flexibility index (Phi) is 4.10. The lowest BCUT2D eigenvalue weighted by molar-refractivity contribution is 0.0266. The first-order chi connectivity index (χ1) is 7.15. The van der Waals surface area contributed by atoms with Gasteiger partial charge in [0.15, 0.2) is 0 Å². The Hall–Kier alpha value is -1.57. The second-order valence-electron chi connectivity index (χ2n) is 3.57. The van der Waals surface area contributed by atoms with Crippen molar-refractivity contribution in [2.75, 3.05) is 0 Å². The largest absolute Gasteiger partial charge is 0.458 e. The maximum atomic E-state index is 11.6. The van der Waals surface area contributed by atoms with Crippen molar-refractivity contribution < 1.29 is 9.53 Å². The summed E-state index contributed by atoms with van der Waals surface area (Å²) in [6.45, 7) is 7.51. The predicted octanol–water partition coefficient (Wildman–Crippen LogP) is 3.05. The lowest BCUT2D eigenvalue weighted by Crippen LogP contribution is -2.20. The van der Waals surface area contributed by atoms with Crippen LogP contribution in [0.5, 0.6) is 0 Å². The number of hydrogen-bond donors (Lipinski definition) is 0. The van der Waals surface area contributed by atoms with E-state index in [0.717, 1.165) is 0 Å². The molecule has 1 aromatic carbocycles. The molecule has 0 bridgehead atoms. The maximum Gasteiger partial charge on any atom is 0.338 e. The van der Waals surface area contributed by atoms with Gasteiger partial charge < -0.3 is 4.74 Å². The summed E-state index contributed by atoms with van der Waals surface area (Å²) in [5.74, 6) is -0.116. The zero-order valence-corrected chi connectivity index (χ0v) is 9.14. The number of hydrogen-bond acceptors (Lipinski definition) is 2. The molecule has 0 aliphatic carbocycles. The highest BCUT2D eigenvalue weighted by Crippen LogP contribution is 2.11. The predicted molar refractivity (Wildman–Crippen MR) is 60.7 cm³/mol. The molecule has 0 spiro atoms. The van der Waals surface area contributed by atoms with Crippen molar-refractivity contribution in [3.63, 3.8) is 0 Å². The Labute approximate surface area is 90.6 Å². The van der Waals surface area contributed by atoms with Crippen LogP contribution in [0.4, 0.5) is 0 Å². The van der Waals surface area contributed by atoms with E-state index >= 15 is 0 Å². The molecule has 80 valence electrons. The average molecular weight is 204 g/mol. The van der Waals surface area contributed by atoms with Gasteiger partial charge in [0.25, 0.3) is 0 Å². The van der Waals surface area contributed by atoms with Crippen molar-refractivity contribution in [2.45, 2.75) is 20.0 Å². The van der Waals surface area contributed by atoms with E-state index in [4.69, 9.17) is 4.74 Å². The molecule has 0 fully saturated rings.